The fraction of sp³-hybridized carbons (Fsp3) is 0.571. The summed E-state index contributed by atoms with van der Waals surface area (Å²) in [5.74, 6) is -0.122. The van der Waals surface area contributed by atoms with Crippen LogP contribution in [0.3, 0.4) is 0 Å². The van der Waals surface area contributed by atoms with Crippen LogP contribution in [0.4, 0.5) is 4.39 Å². The van der Waals surface area contributed by atoms with Crippen LogP contribution in [0.25, 0.3) is 0 Å². The second kappa shape index (κ2) is 5.18. The van der Waals surface area contributed by atoms with Crippen LogP contribution in [0.2, 0.25) is 0 Å². The topological polar surface area (TPSA) is 0 Å². The maximum absolute atomic E-state index is 13.5. The fourth-order valence-electron chi connectivity index (χ4n) is 1.61. The molecule has 1 atom stereocenters. The Hall–Kier alpha value is -0.560. The van der Waals surface area contributed by atoms with E-state index in [1.807, 2.05) is 13.0 Å². The molecule has 0 amide bonds. The second-order valence-corrected chi connectivity index (χ2v) is 5.99. The third kappa shape index (κ3) is 3.79. The van der Waals surface area contributed by atoms with Gasteiger partial charge in [-0.2, -0.15) is 0 Å². The summed E-state index contributed by atoms with van der Waals surface area (Å²) in [5.41, 5.74) is 1.94. The summed E-state index contributed by atoms with van der Waals surface area (Å²) in [6.07, 6.45) is 1.52. The lowest BCUT2D eigenvalue weighted by Crippen LogP contribution is -2.21. The van der Waals surface area contributed by atoms with E-state index in [4.69, 9.17) is 11.6 Å². The van der Waals surface area contributed by atoms with Crippen molar-refractivity contribution >= 4 is 11.6 Å². The van der Waals surface area contributed by atoms with E-state index in [1.54, 1.807) is 6.07 Å². The highest BCUT2D eigenvalue weighted by Gasteiger charge is 2.22. The Morgan fingerprint density at radius 1 is 1.31 bits per heavy atom. The molecule has 1 unspecified atom stereocenters. The first-order valence-electron chi connectivity index (χ1n) is 5.70. The molecule has 0 bridgehead atoms. The molecule has 0 N–H and O–H groups in total. The summed E-state index contributed by atoms with van der Waals surface area (Å²) >= 11 is 6.28. The number of hydrogen-bond acceptors (Lipinski definition) is 0. The Kier molecular flexibility index (Phi) is 4.37. The highest BCUT2D eigenvalue weighted by atomic mass is 35.5. The van der Waals surface area contributed by atoms with E-state index >= 15 is 0 Å². The summed E-state index contributed by atoms with van der Waals surface area (Å²) in [6, 6.07) is 5.23. The average Bonchev–Trinajstić information content (AvgIpc) is 2.17. The molecule has 2 heteroatoms. The molecule has 0 heterocycles. The van der Waals surface area contributed by atoms with E-state index < -0.39 is 0 Å². The third-order valence-electron chi connectivity index (χ3n) is 2.81. The van der Waals surface area contributed by atoms with Gasteiger partial charge in [-0.25, -0.2) is 4.39 Å². The largest absolute Gasteiger partial charge is 0.207 e. The van der Waals surface area contributed by atoms with Crippen molar-refractivity contribution in [2.24, 2.45) is 5.41 Å². The number of benzene rings is 1. The van der Waals surface area contributed by atoms with Gasteiger partial charge in [0.2, 0.25) is 0 Å². The van der Waals surface area contributed by atoms with E-state index in [0.717, 1.165) is 17.5 Å². The van der Waals surface area contributed by atoms with Crippen molar-refractivity contribution in [1.82, 2.24) is 0 Å². The minimum absolute atomic E-state index is 0.0713. The predicted octanol–water partition coefficient (Wildman–Crippen LogP) is 4.72. The summed E-state index contributed by atoms with van der Waals surface area (Å²) in [4.78, 5) is 0. The van der Waals surface area contributed by atoms with Crippen LogP contribution in [-0.2, 0) is 6.42 Å². The fourth-order valence-corrected chi connectivity index (χ4v) is 1.72. The monoisotopic (exact) mass is 242 g/mol. The van der Waals surface area contributed by atoms with Gasteiger partial charge in [-0.15, -0.1) is 11.6 Å². The summed E-state index contributed by atoms with van der Waals surface area (Å²) in [6.45, 7) is 8.30. The normalized spacial score (nSPS) is 13.9. The Bertz CT molecular complexity index is 352. The Labute approximate surface area is 103 Å². The second-order valence-electron chi connectivity index (χ2n) is 5.47. The van der Waals surface area contributed by atoms with Gasteiger partial charge in [0.05, 0.1) is 0 Å². The first-order chi connectivity index (χ1) is 7.30. The number of aryl methyl sites for hydroxylation is 2. The molecule has 1 aromatic carbocycles. The molecule has 0 fully saturated rings. The lowest BCUT2D eigenvalue weighted by Gasteiger charge is -2.25. The highest BCUT2D eigenvalue weighted by molar-refractivity contribution is 6.21. The van der Waals surface area contributed by atoms with Crippen molar-refractivity contribution in [3.8, 4) is 0 Å². The van der Waals surface area contributed by atoms with Crippen LogP contribution in [0, 0.1) is 18.2 Å². The zero-order valence-corrected chi connectivity index (χ0v) is 11.2. The van der Waals surface area contributed by atoms with Gasteiger partial charge in [0, 0.05) is 5.38 Å². The van der Waals surface area contributed by atoms with Crippen LogP contribution >= 0.6 is 11.6 Å². The number of hydrogen-bond donors (Lipinski definition) is 0. The van der Waals surface area contributed by atoms with E-state index in [-0.39, 0.29) is 16.6 Å². The minimum Gasteiger partial charge on any atom is -0.207 e. The average molecular weight is 243 g/mol. The Morgan fingerprint density at radius 2 is 1.94 bits per heavy atom. The molecule has 0 saturated heterocycles. The van der Waals surface area contributed by atoms with Gasteiger partial charge in [0.1, 0.15) is 5.82 Å². The molecule has 90 valence electrons. The molecule has 0 spiro atoms. The molecule has 0 aliphatic rings. The van der Waals surface area contributed by atoms with Crippen molar-refractivity contribution in [3.05, 3.63) is 35.1 Å². The Morgan fingerprint density at radius 3 is 2.50 bits per heavy atom. The molecule has 1 aromatic rings. The smallest absolute Gasteiger partial charge is 0.126 e. The summed E-state index contributed by atoms with van der Waals surface area (Å²) < 4.78 is 13.5. The zero-order chi connectivity index (χ0) is 12.3. The lowest BCUT2D eigenvalue weighted by atomic mass is 9.88. The maximum atomic E-state index is 13.5. The van der Waals surface area contributed by atoms with Gasteiger partial charge in [-0.1, -0.05) is 38.5 Å². The van der Waals surface area contributed by atoms with Gasteiger partial charge in [0.15, 0.2) is 0 Å². The van der Waals surface area contributed by atoms with Gasteiger partial charge < -0.3 is 0 Å². The molecular weight excluding hydrogens is 223 g/mol. The molecule has 0 aromatic heterocycles. The SMILES string of the molecule is Cc1ccc(F)c(CCC(Cl)C(C)(C)C)c1. The standard InChI is InChI=1S/C14H20ClF/c1-10-5-7-12(16)11(9-10)6-8-13(15)14(2,3)4/h5,7,9,13H,6,8H2,1-4H3. The van der Waals surface area contributed by atoms with E-state index in [2.05, 4.69) is 20.8 Å². The molecule has 16 heavy (non-hydrogen) atoms. The highest BCUT2D eigenvalue weighted by Crippen LogP contribution is 2.28. The van der Waals surface area contributed by atoms with Gasteiger partial charge in [0.25, 0.3) is 0 Å². The third-order valence-corrected chi connectivity index (χ3v) is 3.68. The van der Waals surface area contributed by atoms with Gasteiger partial charge >= 0.3 is 0 Å². The quantitative estimate of drug-likeness (QED) is 0.673. The maximum Gasteiger partial charge on any atom is 0.126 e. The van der Waals surface area contributed by atoms with Crippen molar-refractivity contribution in [2.45, 2.75) is 45.9 Å². The van der Waals surface area contributed by atoms with Crippen LogP contribution < -0.4 is 0 Å². The van der Waals surface area contributed by atoms with Crippen molar-refractivity contribution < 1.29 is 4.39 Å². The first kappa shape index (κ1) is 13.5. The van der Waals surface area contributed by atoms with Crippen molar-refractivity contribution in [3.63, 3.8) is 0 Å². The molecule has 0 radical (unpaired) electrons. The molecule has 1 rings (SSSR count). The zero-order valence-electron chi connectivity index (χ0n) is 10.5. The summed E-state index contributed by atoms with van der Waals surface area (Å²) in [5, 5.41) is 0.0763. The molecule has 0 saturated carbocycles. The van der Waals surface area contributed by atoms with E-state index in [0.29, 0.717) is 6.42 Å². The molecule has 0 aliphatic heterocycles. The first-order valence-corrected chi connectivity index (χ1v) is 6.13. The van der Waals surface area contributed by atoms with E-state index in [9.17, 15) is 4.39 Å². The number of rotatable bonds is 3. The van der Waals surface area contributed by atoms with Gasteiger partial charge in [-0.05, 0) is 36.8 Å². The number of alkyl halides is 1. The van der Waals surface area contributed by atoms with Crippen LogP contribution in [-0.4, -0.2) is 5.38 Å². The van der Waals surface area contributed by atoms with Crippen molar-refractivity contribution in [1.29, 1.82) is 0 Å². The predicted molar refractivity (Wildman–Crippen MR) is 68.6 cm³/mol. The van der Waals surface area contributed by atoms with Crippen LogP contribution in [0.1, 0.15) is 38.3 Å². The van der Waals surface area contributed by atoms with Crippen LogP contribution in [0.5, 0.6) is 0 Å². The summed E-state index contributed by atoms with van der Waals surface area (Å²) in [7, 11) is 0. The molecule has 0 aliphatic carbocycles. The number of halogens is 2. The van der Waals surface area contributed by atoms with Crippen molar-refractivity contribution in [2.75, 3.05) is 0 Å². The lowest BCUT2D eigenvalue weighted by molar-refractivity contribution is 0.373. The molecule has 0 nitrogen and oxygen atoms in total. The minimum atomic E-state index is -0.122. The van der Waals surface area contributed by atoms with Gasteiger partial charge in [-0.3, -0.25) is 0 Å². The van der Waals surface area contributed by atoms with E-state index in [1.165, 1.54) is 6.07 Å². The van der Waals surface area contributed by atoms with Crippen LogP contribution in [0.15, 0.2) is 18.2 Å². The Balaban J connectivity index is 2.64. The molecular formula is C14H20ClF.